The molecule has 9 heteroatoms. The molecule has 0 saturated heterocycles. The number of aromatic amines is 1. The highest BCUT2D eigenvalue weighted by Gasteiger charge is 2.22. The molecule has 0 aliphatic heterocycles. The Morgan fingerprint density at radius 1 is 1.50 bits per heavy atom. The number of pyridine rings is 1. The standard InChI is InChI=1S/C11H10ClN5O3/c1-5-10(6(2)16-15-5)14-11(18)7-3-9(12)13-4-8(7)17(19)20/h3-4H,1-2H3,(H,14,18)(H,15,16). The number of hydrogen-bond acceptors (Lipinski definition) is 5. The summed E-state index contributed by atoms with van der Waals surface area (Å²) < 4.78 is 0. The molecule has 0 unspecified atom stereocenters. The third kappa shape index (κ3) is 2.59. The van der Waals surface area contributed by atoms with Crippen LogP contribution in [0.15, 0.2) is 12.3 Å². The van der Waals surface area contributed by atoms with Crippen LogP contribution in [0.1, 0.15) is 21.7 Å². The fourth-order valence-electron chi connectivity index (χ4n) is 1.67. The summed E-state index contributed by atoms with van der Waals surface area (Å²) >= 11 is 5.68. The van der Waals surface area contributed by atoms with Gasteiger partial charge in [-0.2, -0.15) is 5.10 Å². The molecular formula is C11H10ClN5O3. The fourth-order valence-corrected chi connectivity index (χ4v) is 1.82. The molecule has 0 saturated carbocycles. The Balaban J connectivity index is 2.39. The Hall–Kier alpha value is -2.48. The smallest absolute Gasteiger partial charge is 0.300 e. The van der Waals surface area contributed by atoms with E-state index in [9.17, 15) is 14.9 Å². The van der Waals surface area contributed by atoms with Gasteiger partial charge in [0.25, 0.3) is 11.6 Å². The molecule has 0 fully saturated rings. The largest absolute Gasteiger partial charge is 0.319 e. The average Bonchev–Trinajstić information content (AvgIpc) is 2.70. The maximum atomic E-state index is 12.2. The van der Waals surface area contributed by atoms with E-state index in [1.165, 1.54) is 0 Å². The van der Waals surface area contributed by atoms with Crippen LogP contribution in [0.2, 0.25) is 5.15 Å². The van der Waals surface area contributed by atoms with Crippen molar-refractivity contribution in [3.05, 3.63) is 44.5 Å². The molecule has 0 radical (unpaired) electrons. The number of carbonyl (C=O) groups is 1. The van der Waals surface area contributed by atoms with Crippen LogP contribution in [0.4, 0.5) is 11.4 Å². The van der Waals surface area contributed by atoms with Crippen LogP contribution in [-0.4, -0.2) is 26.0 Å². The Bertz CT molecular complexity index is 678. The second-order valence-corrected chi connectivity index (χ2v) is 4.43. The molecule has 1 amide bonds. The van der Waals surface area contributed by atoms with Crippen LogP contribution < -0.4 is 5.32 Å². The number of aromatic nitrogens is 3. The molecule has 2 heterocycles. The van der Waals surface area contributed by atoms with E-state index in [1.54, 1.807) is 13.8 Å². The first-order valence-electron chi connectivity index (χ1n) is 5.53. The second-order valence-electron chi connectivity index (χ2n) is 4.04. The van der Waals surface area contributed by atoms with Gasteiger partial charge in [0, 0.05) is 0 Å². The van der Waals surface area contributed by atoms with Crippen molar-refractivity contribution >= 4 is 28.9 Å². The number of halogens is 1. The molecule has 2 rings (SSSR count). The van der Waals surface area contributed by atoms with Crippen molar-refractivity contribution in [2.75, 3.05) is 5.32 Å². The van der Waals surface area contributed by atoms with Gasteiger partial charge in [0.15, 0.2) is 0 Å². The van der Waals surface area contributed by atoms with E-state index in [1.807, 2.05) is 0 Å². The minimum atomic E-state index is -0.687. The van der Waals surface area contributed by atoms with Gasteiger partial charge in [-0.1, -0.05) is 11.6 Å². The zero-order valence-electron chi connectivity index (χ0n) is 10.6. The van der Waals surface area contributed by atoms with Crippen molar-refractivity contribution < 1.29 is 9.72 Å². The first-order valence-corrected chi connectivity index (χ1v) is 5.90. The Morgan fingerprint density at radius 2 is 2.20 bits per heavy atom. The predicted molar refractivity (Wildman–Crippen MR) is 71.9 cm³/mol. The van der Waals surface area contributed by atoms with Gasteiger partial charge in [-0.15, -0.1) is 0 Å². The van der Waals surface area contributed by atoms with Crippen molar-refractivity contribution in [1.29, 1.82) is 0 Å². The normalized spacial score (nSPS) is 10.3. The SMILES string of the molecule is Cc1n[nH]c(C)c1NC(=O)c1cc(Cl)ncc1[N+](=O)[O-]. The minimum absolute atomic E-state index is 0.00128. The van der Waals surface area contributed by atoms with Gasteiger partial charge in [0.2, 0.25) is 0 Å². The molecule has 0 aromatic carbocycles. The summed E-state index contributed by atoms with van der Waals surface area (Å²) in [6.45, 7) is 3.43. The van der Waals surface area contributed by atoms with Crippen molar-refractivity contribution in [3.8, 4) is 0 Å². The third-order valence-electron chi connectivity index (χ3n) is 2.66. The van der Waals surface area contributed by atoms with Crippen LogP contribution in [0.3, 0.4) is 0 Å². The van der Waals surface area contributed by atoms with E-state index in [2.05, 4.69) is 20.5 Å². The summed E-state index contributed by atoms with van der Waals surface area (Å²) in [6.07, 6.45) is 0.951. The molecule has 20 heavy (non-hydrogen) atoms. The third-order valence-corrected chi connectivity index (χ3v) is 2.86. The number of nitrogens with zero attached hydrogens (tertiary/aromatic N) is 3. The fraction of sp³-hybridized carbons (Fsp3) is 0.182. The van der Waals surface area contributed by atoms with E-state index in [0.717, 1.165) is 12.3 Å². The Morgan fingerprint density at radius 3 is 2.75 bits per heavy atom. The summed E-state index contributed by atoms with van der Waals surface area (Å²) in [5.41, 5.74) is 1.15. The number of nitro groups is 1. The van der Waals surface area contributed by atoms with Crippen molar-refractivity contribution in [1.82, 2.24) is 15.2 Å². The first-order chi connectivity index (χ1) is 9.40. The zero-order chi connectivity index (χ0) is 14.9. The molecule has 0 spiro atoms. The van der Waals surface area contributed by atoms with Crippen molar-refractivity contribution in [2.24, 2.45) is 0 Å². The molecule has 8 nitrogen and oxygen atoms in total. The van der Waals surface area contributed by atoms with Crippen LogP contribution in [-0.2, 0) is 0 Å². The first kappa shape index (κ1) is 13.9. The van der Waals surface area contributed by atoms with Gasteiger partial charge >= 0.3 is 0 Å². The van der Waals surface area contributed by atoms with Crippen molar-refractivity contribution in [3.63, 3.8) is 0 Å². The minimum Gasteiger partial charge on any atom is -0.319 e. The molecule has 0 aliphatic carbocycles. The predicted octanol–water partition coefficient (Wildman–Crippen LogP) is 2.24. The molecule has 2 aromatic rings. The van der Waals surface area contributed by atoms with E-state index in [4.69, 9.17) is 11.6 Å². The Kier molecular flexibility index (Phi) is 3.66. The summed E-state index contributed by atoms with van der Waals surface area (Å²) in [5.74, 6) is -0.645. The topological polar surface area (TPSA) is 114 Å². The molecule has 2 aromatic heterocycles. The van der Waals surface area contributed by atoms with Gasteiger partial charge in [0.1, 0.15) is 16.9 Å². The summed E-state index contributed by atoms with van der Waals surface area (Å²) in [5, 5.41) is 20.1. The maximum Gasteiger partial charge on any atom is 0.300 e. The van der Waals surface area contributed by atoms with Crippen LogP contribution in [0.5, 0.6) is 0 Å². The molecule has 0 aliphatic rings. The summed E-state index contributed by atoms with van der Waals surface area (Å²) in [7, 11) is 0. The monoisotopic (exact) mass is 295 g/mol. The zero-order valence-corrected chi connectivity index (χ0v) is 11.4. The van der Waals surface area contributed by atoms with E-state index in [0.29, 0.717) is 17.1 Å². The number of H-pyrrole nitrogens is 1. The quantitative estimate of drug-likeness (QED) is 0.512. The van der Waals surface area contributed by atoms with Crippen LogP contribution >= 0.6 is 11.6 Å². The molecular weight excluding hydrogens is 286 g/mol. The highest BCUT2D eigenvalue weighted by molar-refractivity contribution is 6.30. The number of amides is 1. The van der Waals surface area contributed by atoms with Gasteiger partial charge in [-0.05, 0) is 19.9 Å². The molecule has 0 bridgehead atoms. The summed E-state index contributed by atoms with van der Waals surface area (Å²) in [6, 6.07) is 1.15. The van der Waals surface area contributed by atoms with E-state index < -0.39 is 16.5 Å². The molecule has 0 atom stereocenters. The van der Waals surface area contributed by atoms with Gasteiger partial charge < -0.3 is 5.32 Å². The Labute approximate surface area is 118 Å². The average molecular weight is 296 g/mol. The van der Waals surface area contributed by atoms with Gasteiger partial charge in [-0.25, -0.2) is 4.98 Å². The molecule has 104 valence electrons. The van der Waals surface area contributed by atoms with Gasteiger partial charge in [-0.3, -0.25) is 20.0 Å². The summed E-state index contributed by atoms with van der Waals surface area (Å²) in [4.78, 5) is 26.0. The lowest BCUT2D eigenvalue weighted by Gasteiger charge is -2.06. The number of nitrogens with one attached hydrogen (secondary N) is 2. The molecule has 2 N–H and O–H groups in total. The van der Waals surface area contributed by atoms with Crippen LogP contribution in [0.25, 0.3) is 0 Å². The lowest BCUT2D eigenvalue weighted by Crippen LogP contribution is -2.15. The van der Waals surface area contributed by atoms with Crippen molar-refractivity contribution in [2.45, 2.75) is 13.8 Å². The number of rotatable bonds is 3. The number of aryl methyl sites for hydroxylation is 2. The lowest BCUT2D eigenvalue weighted by atomic mass is 10.2. The highest BCUT2D eigenvalue weighted by atomic mass is 35.5. The van der Waals surface area contributed by atoms with Gasteiger partial charge in [0.05, 0.1) is 22.0 Å². The number of anilines is 1. The maximum absolute atomic E-state index is 12.2. The highest BCUT2D eigenvalue weighted by Crippen LogP contribution is 2.23. The number of hydrogen-bond donors (Lipinski definition) is 2. The van der Waals surface area contributed by atoms with E-state index in [-0.39, 0.29) is 10.7 Å². The van der Waals surface area contributed by atoms with Crippen LogP contribution in [0, 0.1) is 24.0 Å². The lowest BCUT2D eigenvalue weighted by molar-refractivity contribution is -0.385. The van der Waals surface area contributed by atoms with E-state index >= 15 is 0 Å². The number of carbonyl (C=O) groups excluding carboxylic acids is 1. The second kappa shape index (κ2) is 5.25.